The minimum Gasteiger partial charge on any atom is -0.385 e. The molecule has 1 N–H and O–H groups in total. The van der Waals surface area contributed by atoms with Crippen LogP contribution in [0.2, 0.25) is 0 Å². The minimum atomic E-state index is -0.0119. The summed E-state index contributed by atoms with van der Waals surface area (Å²) in [7, 11) is 0. The molecule has 1 aromatic carbocycles. The summed E-state index contributed by atoms with van der Waals surface area (Å²) in [4.78, 5) is 18.1. The van der Waals surface area contributed by atoms with Crippen LogP contribution < -0.4 is 5.32 Å². The first kappa shape index (κ1) is 12.6. The van der Waals surface area contributed by atoms with Crippen LogP contribution in [0.1, 0.15) is 23.6 Å². The maximum absolute atomic E-state index is 12.7. The minimum absolute atomic E-state index is 0.0119. The second kappa shape index (κ2) is 5.00. The Morgan fingerprint density at radius 2 is 2.33 bits per heavy atom. The number of fused-ring (bicyclic) bond motifs is 2. The number of carbonyl (C=O) groups excluding carboxylic acids is 1. The smallest absolute Gasteiger partial charge is 0.193 e. The molecule has 3 heterocycles. The standard InChI is InChI=1S/C16H15N3OS/c20-15(9-11-10-19-7-8-21-16(19)18-11)13-5-6-17-14-4-2-1-3-12(13)14/h1-4,7-8,10,13,17H,5-6,9H2. The third kappa shape index (κ3) is 2.23. The van der Waals surface area contributed by atoms with Gasteiger partial charge in [-0.15, -0.1) is 11.3 Å². The molecule has 4 rings (SSSR count). The van der Waals surface area contributed by atoms with Crippen LogP contribution in [0.15, 0.2) is 42.0 Å². The molecular weight excluding hydrogens is 282 g/mol. The second-order valence-corrected chi connectivity index (χ2v) is 6.20. The number of nitrogens with one attached hydrogen (secondary N) is 1. The zero-order valence-electron chi connectivity index (χ0n) is 11.5. The Morgan fingerprint density at radius 3 is 3.24 bits per heavy atom. The molecule has 0 radical (unpaired) electrons. The van der Waals surface area contributed by atoms with Crippen LogP contribution in [0.5, 0.6) is 0 Å². The monoisotopic (exact) mass is 297 g/mol. The SMILES string of the molecule is O=C(Cc1cn2ccsc2n1)C1CCNc2ccccc21. The number of thiazole rings is 1. The van der Waals surface area contributed by atoms with Crippen molar-refractivity contribution in [3.63, 3.8) is 0 Å². The van der Waals surface area contributed by atoms with Gasteiger partial charge in [0.15, 0.2) is 4.96 Å². The van der Waals surface area contributed by atoms with Crippen molar-refractivity contribution < 1.29 is 4.79 Å². The van der Waals surface area contributed by atoms with E-state index in [-0.39, 0.29) is 11.7 Å². The third-order valence-corrected chi connectivity index (χ3v) is 4.74. The van der Waals surface area contributed by atoms with Gasteiger partial charge in [-0.25, -0.2) is 4.98 Å². The van der Waals surface area contributed by atoms with E-state index in [1.54, 1.807) is 11.3 Å². The van der Waals surface area contributed by atoms with Gasteiger partial charge in [-0.05, 0) is 18.1 Å². The highest BCUT2D eigenvalue weighted by atomic mass is 32.1. The summed E-state index contributed by atoms with van der Waals surface area (Å²) in [6, 6.07) is 8.10. The van der Waals surface area contributed by atoms with E-state index in [0.717, 1.165) is 34.9 Å². The average Bonchev–Trinajstić information content (AvgIpc) is 3.07. The molecule has 0 saturated carbocycles. The Balaban J connectivity index is 1.59. The number of imidazole rings is 1. The van der Waals surface area contributed by atoms with Crippen LogP contribution in [0, 0.1) is 0 Å². The summed E-state index contributed by atoms with van der Waals surface area (Å²) in [5.41, 5.74) is 3.07. The van der Waals surface area contributed by atoms with Crippen LogP contribution in [0.3, 0.4) is 0 Å². The number of rotatable bonds is 3. The Bertz CT molecular complexity index is 776. The van der Waals surface area contributed by atoms with Gasteiger partial charge in [0, 0.05) is 35.9 Å². The van der Waals surface area contributed by atoms with Crippen LogP contribution >= 0.6 is 11.3 Å². The third-order valence-electron chi connectivity index (χ3n) is 3.97. The summed E-state index contributed by atoms with van der Waals surface area (Å²) in [6.07, 6.45) is 5.20. The molecule has 21 heavy (non-hydrogen) atoms. The molecule has 5 heteroatoms. The number of hydrogen-bond acceptors (Lipinski definition) is 4. The van der Waals surface area contributed by atoms with Crippen LogP contribution in [0.4, 0.5) is 5.69 Å². The van der Waals surface area contributed by atoms with Crippen molar-refractivity contribution in [3.8, 4) is 0 Å². The van der Waals surface area contributed by atoms with E-state index >= 15 is 0 Å². The zero-order chi connectivity index (χ0) is 14.2. The summed E-state index contributed by atoms with van der Waals surface area (Å²) >= 11 is 1.59. The number of anilines is 1. The Labute approximate surface area is 126 Å². The highest BCUT2D eigenvalue weighted by Crippen LogP contribution is 2.32. The van der Waals surface area contributed by atoms with Gasteiger partial charge in [0.25, 0.3) is 0 Å². The molecule has 0 aliphatic carbocycles. The molecule has 4 nitrogen and oxygen atoms in total. The predicted octanol–water partition coefficient (Wildman–Crippen LogP) is 3.11. The highest BCUT2D eigenvalue weighted by molar-refractivity contribution is 7.15. The van der Waals surface area contributed by atoms with Gasteiger partial charge in [-0.3, -0.25) is 9.20 Å². The van der Waals surface area contributed by atoms with Crippen molar-refractivity contribution in [1.82, 2.24) is 9.38 Å². The first-order valence-corrected chi connectivity index (χ1v) is 7.96. The Hall–Kier alpha value is -2.14. The number of hydrogen-bond donors (Lipinski definition) is 1. The molecule has 1 aliphatic heterocycles. The number of aromatic nitrogens is 2. The van der Waals surface area contributed by atoms with E-state index in [2.05, 4.69) is 16.4 Å². The molecule has 3 aromatic rings. The fourth-order valence-electron chi connectivity index (χ4n) is 2.97. The predicted molar refractivity (Wildman–Crippen MR) is 84.1 cm³/mol. The highest BCUT2D eigenvalue weighted by Gasteiger charge is 2.26. The zero-order valence-corrected chi connectivity index (χ0v) is 12.3. The van der Waals surface area contributed by atoms with Crippen molar-refractivity contribution >= 4 is 27.8 Å². The van der Waals surface area contributed by atoms with Crippen LogP contribution in [-0.2, 0) is 11.2 Å². The number of ketones is 1. The fourth-order valence-corrected chi connectivity index (χ4v) is 3.68. The topological polar surface area (TPSA) is 46.4 Å². The number of benzene rings is 1. The van der Waals surface area contributed by atoms with Crippen LogP contribution in [-0.4, -0.2) is 21.7 Å². The van der Waals surface area contributed by atoms with E-state index in [1.807, 2.05) is 40.4 Å². The molecule has 1 unspecified atom stereocenters. The maximum Gasteiger partial charge on any atom is 0.193 e. The van der Waals surface area contributed by atoms with Crippen molar-refractivity contribution in [1.29, 1.82) is 0 Å². The van der Waals surface area contributed by atoms with E-state index in [1.165, 1.54) is 0 Å². The molecule has 1 atom stereocenters. The molecule has 0 fully saturated rings. The Morgan fingerprint density at radius 1 is 1.43 bits per heavy atom. The number of Topliss-reactive ketones (excluding diaryl/α,β-unsaturated/α-hetero) is 1. The molecule has 2 aromatic heterocycles. The van der Waals surface area contributed by atoms with Gasteiger partial charge in [0.1, 0.15) is 5.78 Å². The van der Waals surface area contributed by atoms with Crippen molar-refractivity contribution in [2.75, 3.05) is 11.9 Å². The molecule has 1 aliphatic rings. The normalized spacial score (nSPS) is 17.4. The lowest BCUT2D eigenvalue weighted by atomic mass is 9.86. The van der Waals surface area contributed by atoms with Gasteiger partial charge >= 0.3 is 0 Å². The lowest BCUT2D eigenvalue weighted by Crippen LogP contribution is -2.24. The van der Waals surface area contributed by atoms with Gasteiger partial charge in [-0.2, -0.15) is 0 Å². The molecule has 0 saturated heterocycles. The molecule has 0 bridgehead atoms. The quantitative estimate of drug-likeness (QED) is 0.808. The number of carbonyl (C=O) groups is 1. The molecule has 0 amide bonds. The number of nitrogens with zero attached hydrogens (tertiary/aromatic N) is 2. The second-order valence-electron chi connectivity index (χ2n) is 5.32. The molecule has 0 spiro atoms. The van der Waals surface area contributed by atoms with E-state index in [9.17, 15) is 4.79 Å². The lowest BCUT2D eigenvalue weighted by Gasteiger charge is -2.25. The van der Waals surface area contributed by atoms with Gasteiger partial charge in [0.05, 0.1) is 12.1 Å². The first-order chi connectivity index (χ1) is 10.3. The van der Waals surface area contributed by atoms with Crippen molar-refractivity contribution in [2.45, 2.75) is 18.8 Å². The summed E-state index contributed by atoms with van der Waals surface area (Å²) < 4.78 is 1.98. The van der Waals surface area contributed by atoms with Gasteiger partial charge in [0.2, 0.25) is 0 Å². The first-order valence-electron chi connectivity index (χ1n) is 7.08. The van der Waals surface area contributed by atoms with E-state index in [0.29, 0.717) is 6.42 Å². The van der Waals surface area contributed by atoms with Crippen molar-refractivity contribution in [2.24, 2.45) is 0 Å². The fraction of sp³-hybridized carbons (Fsp3) is 0.250. The molecule has 106 valence electrons. The summed E-state index contributed by atoms with van der Waals surface area (Å²) in [5, 5.41) is 5.36. The summed E-state index contributed by atoms with van der Waals surface area (Å²) in [5.74, 6) is 0.247. The Kier molecular flexibility index (Phi) is 3.00. The molecular formula is C16H15N3OS. The van der Waals surface area contributed by atoms with Crippen molar-refractivity contribution in [3.05, 3.63) is 53.3 Å². The van der Waals surface area contributed by atoms with E-state index in [4.69, 9.17) is 0 Å². The van der Waals surface area contributed by atoms with E-state index < -0.39 is 0 Å². The average molecular weight is 297 g/mol. The van der Waals surface area contributed by atoms with Gasteiger partial charge < -0.3 is 5.32 Å². The van der Waals surface area contributed by atoms with Crippen LogP contribution in [0.25, 0.3) is 4.96 Å². The number of para-hydroxylation sites is 1. The lowest BCUT2D eigenvalue weighted by molar-refractivity contribution is -0.120. The maximum atomic E-state index is 12.7. The largest absolute Gasteiger partial charge is 0.385 e. The van der Waals surface area contributed by atoms with Gasteiger partial charge in [-0.1, -0.05) is 18.2 Å². The summed E-state index contributed by atoms with van der Waals surface area (Å²) in [6.45, 7) is 0.853.